The number of aromatic nitrogens is 1. The highest BCUT2D eigenvalue weighted by molar-refractivity contribution is 6.10. The first kappa shape index (κ1) is 25.8. The second-order valence-electron chi connectivity index (χ2n) is 10.8. The fourth-order valence-electron chi connectivity index (χ4n) is 6.04. The van der Waals surface area contributed by atoms with E-state index >= 15 is 0 Å². The average Bonchev–Trinajstić information content (AvgIpc) is 3.49. The number of hydrogen-bond donors (Lipinski definition) is 0. The number of benzene rings is 6. The van der Waals surface area contributed by atoms with Crippen molar-refractivity contribution >= 4 is 39.0 Å². The van der Waals surface area contributed by atoms with Gasteiger partial charge in [-0.05, 0) is 58.1 Å². The van der Waals surface area contributed by atoms with Gasteiger partial charge in [0.2, 0.25) is 0 Å². The van der Waals surface area contributed by atoms with Crippen molar-refractivity contribution in [3.8, 4) is 33.4 Å². The minimum atomic E-state index is 0.777. The molecule has 0 amide bonds. The SMILES string of the molecule is c1ccc(-c2ccc(-c3ccccc3N(c3ccc(-c4ccccc4)cc3)c3cccc4c3oc3cnccc34)cc2)cc1. The van der Waals surface area contributed by atoms with E-state index in [1.54, 1.807) is 6.20 Å². The van der Waals surface area contributed by atoms with Crippen LogP contribution in [0, 0.1) is 0 Å². The van der Waals surface area contributed by atoms with E-state index in [1.807, 2.05) is 24.4 Å². The Kier molecular flexibility index (Phi) is 6.47. The molecular weight excluding hydrogens is 536 g/mol. The van der Waals surface area contributed by atoms with Gasteiger partial charge in [0.1, 0.15) is 0 Å². The molecule has 0 unspecified atom stereocenters. The summed E-state index contributed by atoms with van der Waals surface area (Å²) >= 11 is 0. The molecule has 6 aromatic carbocycles. The average molecular weight is 565 g/mol. The molecule has 0 saturated heterocycles. The normalized spacial score (nSPS) is 11.2. The van der Waals surface area contributed by atoms with Crippen LogP contribution in [0.3, 0.4) is 0 Å². The van der Waals surface area contributed by atoms with Gasteiger partial charge in [-0.25, -0.2) is 0 Å². The smallest absolute Gasteiger partial charge is 0.159 e. The lowest BCUT2D eigenvalue weighted by Gasteiger charge is -2.28. The van der Waals surface area contributed by atoms with E-state index < -0.39 is 0 Å². The highest BCUT2D eigenvalue weighted by atomic mass is 16.3. The second kappa shape index (κ2) is 11.0. The number of anilines is 3. The molecule has 0 saturated carbocycles. The van der Waals surface area contributed by atoms with Crippen molar-refractivity contribution in [1.82, 2.24) is 4.98 Å². The summed E-state index contributed by atoms with van der Waals surface area (Å²) in [5.74, 6) is 0. The zero-order valence-corrected chi connectivity index (χ0v) is 24.0. The van der Waals surface area contributed by atoms with Gasteiger partial charge in [0.15, 0.2) is 11.2 Å². The van der Waals surface area contributed by atoms with Crippen molar-refractivity contribution in [2.24, 2.45) is 0 Å². The molecule has 0 aliphatic heterocycles. The molecule has 8 rings (SSSR count). The Hall–Kier alpha value is -5.93. The maximum Gasteiger partial charge on any atom is 0.159 e. The highest BCUT2D eigenvalue weighted by Gasteiger charge is 2.22. The summed E-state index contributed by atoms with van der Waals surface area (Å²) in [5.41, 5.74) is 11.7. The molecule has 208 valence electrons. The topological polar surface area (TPSA) is 29.3 Å². The van der Waals surface area contributed by atoms with Gasteiger partial charge in [-0.3, -0.25) is 4.98 Å². The molecule has 0 fully saturated rings. The summed E-state index contributed by atoms with van der Waals surface area (Å²) in [6.45, 7) is 0. The third kappa shape index (κ3) is 4.61. The number of fused-ring (bicyclic) bond motifs is 3. The Labute approximate surface area is 256 Å². The number of nitrogens with zero attached hydrogens (tertiary/aromatic N) is 2. The standard InChI is InChI=1S/C41H28N2O/c1-3-10-29(11-4-1)31-18-20-33(21-19-31)35-14-7-8-16-38(35)43(34-24-22-32(23-25-34)30-12-5-2-6-13-30)39-17-9-15-37-36-26-27-42-28-40(36)44-41(37)39/h1-28H. The molecule has 0 N–H and O–H groups in total. The number of furan rings is 1. The number of rotatable bonds is 6. The molecule has 3 nitrogen and oxygen atoms in total. The van der Waals surface area contributed by atoms with Crippen molar-refractivity contribution in [2.75, 3.05) is 4.90 Å². The minimum Gasteiger partial charge on any atom is -0.452 e. The molecular formula is C41H28N2O. The van der Waals surface area contributed by atoms with Gasteiger partial charge in [-0.2, -0.15) is 0 Å². The molecule has 0 spiro atoms. The summed E-state index contributed by atoms with van der Waals surface area (Å²) in [5, 5.41) is 2.12. The van der Waals surface area contributed by atoms with Gasteiger partial charge in [0.25, 0.3) is 0 Å². The van der Waals surface area contributed by atoms with Gasteiger partial charge >= 0.3 is 0 Å². The van der Waals surface area contributed by atoms with Crippen LogP contribution in [0.4, 0.5) is 17.1 Å². The Morgan fingerprint density at radius 1 is 0.432 bits per heavy atom. The second-order valence-corrected chi connectivity index (χ2v) is 10.8. The molecule has 2 aromatic heterocycles. The van der Waals surface area contributed by atoms with Crippen LogP contribution in [0.15, 0.2) is 175 Å². The molecule has 0 aliphatic carbocycles. The Morgan fingerprint density at radius 2 is 1.00 bits per heavy atom. The van der Waals surface area contributed by atoms with Gasteiger partial charge in [-0.1, -0.05) is 127 Å². The summed E-state index contributed by atoms with van der Waals surface area (Å²) in [6, 6.07) is 55.6. The molecule has 44 heavy (non-hydrogen) atoms. The van der Waals surface area contributed by atoms with Crippen molar-refractivity contribution < 1.29 is 4.42 Å². The Bertz CT molecular complexity index is 2200. The van der Waals surface area contributed by atoms with Gasteiger partial charge in [0.05, 0.1) is 17.6 Å². The highest BCUT2D eigenvalue weighted by Crippen LogP contribution is 2.45. The fourth-order valence-corrected chi connectivity index (χ4v) is 6.04. The van der Waals surface area contributed by atoms with Crippen LogP contribution in [0.5, 0.6) is 0 Å². The predicted molar refractivity (Wildman–Crippen MR) is 183 cm³/mol. The Balaban J connectivity index is 1.31. The van der Waals surface area contributed by atoms with Crippen LogP contribution in [-0.4, -0.2) is 4.98 Å². The quantitative estimate of drug-likeness (QED) is 0.201. The van der Waals surface area contributed by atoms with E-state index in [2.05, 4.69) is 149 Å². The molecule has 2 heterocycles. The zero-order chi connectivity index (χ0) is 29.3. The van der Waals surface area contributed by atoms with Crippen LogP contribution in [0.1, 0.15) is 0 Å². The first-order valence-corrected chi connectivity index (χ1v) is 14.8. The van der Waals surface area contributed by atoms with Gasteiger partial charge < -0.3 is 9.32 Å². The first-order chi connectivity index (χ1) is 21.8. The molecule has 8 aromatic rings. The maximum atomic E-state index is 6.51. The van der Waals surface area contributed by atoms with Crippen LogP contribution in [-0.2, 0) is 0 Å². The monoisotopic (exact) mass is 564 g/mol. The van der Waals surface area contributed by atoms with E-state index in [-0.39, 0.29) is 0 Å². The first-order valence-electron chi connectivity index (χ1n) is 14.8. The summed E-state index contributed by atoms with van der Waals surface area (Å²) < 4.78 is 6.51. The van der Waals surface area contributed by atoms with Gasteiger partial charge in [0, 0.05) is 28.2 Å². The van der Waals surface area contributed by atoms with Crippen molar-refractivity contribution in [3.63, 3.8) is 0 Å². The summed E-state index contributed by atoms with van der Waals surface area (Å²) in [7, 11) is 0. The third-order valence-corrected chi connectivity index (χ3v) is 8.20. The Morgan fingerprint density at radius 3 is 1.70 bits per heavy atom. The lowest BCUT2D eigenvalue weighted by Crippen LogP contribution is -2.11. The third-order valence-electron chi connectivity index (χ3n) is 8.20. The van der Waals surface area contributed by atoms with Crippen molar-refractivity contribution in [2.45, 2.75) is 0 Å². The molecule has 3 heteroatoms. The zero-order valence-electron chi connectivity index (χ0n) is 24.0. The van der Waals surface area contributed by atoms with Crippen molar-refractivity contribution in [1.29, 1.82) is 0 Å². The van der Waals surface area contributed by atoms with Crippen molar-refractivity contribution in [3.05, 3.63) is 170 Å². The fraction of sp³-hybridized carbons (Fsp3) is 0. The predicted octanol–water partition coefficient (Wildman–Crippen LogP) is 11.5. The molecule has 0 atom stereocenters. The van der Waals surface area contributed by atoms with E-state index in [1.165, 1.54) is 22.3 Å². The largest absolute Gasteiger partial charge is 0.452 e. The molecule has 0 aliphatic rings. The van der Waals surface area contributed by atoms with Crippen LogP contribution in [0.25, 0.3) is 55.3 Å². The number of pyridine rings is 1. The minimum absolute atomic E-state index is 0.777. The van der Waals surface area contributed by atoms with E-state index in [0.717, 1.165) is 50.1 Å². The van der Waals surface area contributed by atoms with E-state index in [0.29, 0.717) is 0 Å². The molecule has 0 bridgehead atoms. The van der Waals surface area contributed by atoms with Crippen LogP contribution >= 0.6 is 0 Å². The van der Waals surface area contributed by atoms with E-state index in [4.69, 9.17) is 4.42 Å². The lowest BCUT2D eigenvalue weighted by molar-refractivity contribution is 0.667. The number of para-hydroxylation sites is 2. The van der Waals surface area contributed by atoms with Gasteiger partial charge in [-0.15, -0.1) is 0 Å². The van der Waals surface area contributed by atoms with Crippen LogP contribution < -0.4 is 4.90 Å². The molecule has 0 radical (unpaired) electrons. The van der Waals surface area contributed by atoms with E-state index in [9.17, 15) is 0 Å². The lowest BCUT2D eigenvalue weighted by atomic mass is 9.98. The summed E-state index contributed by atoms with van der Waals surface area (Å²) in [4.78, 5) is 6.63. The maximum absolute atomic E-state index is 6.51. The number of hydrogen-bond acceptors (Lipinski definition) is 3. The van der Waals surface area contributed by atoms with Crippen LogP contribution in [0.2, 0.25) is 0 Å². The summed E-state index contributed by atoms with van der Waals surface area (Å²) in [6.07, 6.45) is 3.61.